The first-order valence-electron chi connectivity index (χ1n) is 8.65. The van der Waals surface area contributed by atoms with E-state index in [1.165, 1.54) is 31.9 Å². The van der Waals surface area contributed by atoms with Gasteiger partial charge in [0.2, 0.25) is 0 Å². The van der Waals surface area contributed by atoms with E-state index in [1.807, 2.05) is 25.1 Å². The van der Waals surface area contributed by atoms with Gasteiger partial charge in [0.1, 0.15) is 11.5 Å². The number of hydrogen-bond donors (Lipinski definition) is 2. The molecule has 3 rings (SSSR count). The van der Waals surface area contributed by atoms with Crippen LogP contribution in [0.3, 0.4) is 0 Å². The van der Waals surface area contributed by atoms with Crippen molar-refractivity contribution in [3.63, 3.8) is 0 Å². The minimum absolute atomic E-state index is 0.223. The van der Waals surface area contributed by atoms with E-state index >= 15 is 0 Å². The van der Waals surface area contributed by atoms with Crippen LogP contribution in [0.5, 0.6) is 0 Å². The Labute approximate surface area is 142 Å². The minimum Gasteiger partial charge on any atom is -0.366 e. The Morgan fingerprint density at radius 1 is 1.21 bits per heavy atom. The second-order valence-electron chi connectivity index (χ2n) is 6.33. The second kappa shape index (κ2) is 7.43. The summed E-state index contributed by atoms with van der Waals surface area (Å²) in [4.78, 5) is 21.1. The third kappa shape index (κ3) is 3.72. The molecular formula is C19H24N4O. The van der Waals surface area contributed by atoms with E-state index in [1.54, 1.807) is 6.20 Å². The highest BCUT2D eigenvalue weighted by molar-refractivity contribution is 6.03. The third-order valence-corrected chi connectivity index (χ3v) is 4.57. The molecule has 1 heterocycles. The molecule has 1 aliphatic carbocycles. The van der Waals surface area contributed by atoms with E-state index in [-0.39, 0.29) is 5.91 Å². The smallest absolute Gasteiger partial charge is 0.275 e. The summed E-state index contributed by atoms with van der Waals surface area (Å²) in [6.45, 7) is 4.07. The number of benzene rings is 1. The van der Waals surface area contributed by atoms with Gasteiger partial charge in [0.15, 0.2) is 0 Å². The number of aromatic nitrogens is 2. The maximum atomic E-state index is 12.5. The van der Waals surface area contributed by atoms with Crippen LogP contribution in [0.1, 0.15) is 54.2 Å². The quantitative estimate of drug-likeness (QED) is 0.874. The maximum absolute atomic E-state index is 12.5. The monoisotopic (exact) mass is 324 g/mol. The van der Waals surface area contributed by atoms with E-state index in [0.717, 1.165) is 29.1 Å². The fourth-order valence-electron chi connectivity index (χ4n) is 3.18. The third-order valence-electron chi connectivity index (χ3n) is 4.57. The predicted molar refractivity (Wildman–Crippen MR) is 96.4 cm³/mol. The van der Waals surface area contributed by atoms with Gasteiger partial charge in [-0.1, -0.05) is 38.0 Å². The van der Waals surface area contributed by atoms with Crippen LogP contribution in [0.15, 0.2) is 30.6 Å². The van der Waals surface area contributed by atoms with Gasteiger partial charge in [0, 0.05) is 11.7 Å². The summed E-state index contributed by atoms with van der Waals surface area (Å²) in [7, 11) is 0. The number of aryl methyl sites for hydroxylation is 2. The van der Waals surface area contributed by atoms with Crippen LogP contribution in [0.2, 0.25) is 0 Å². The van der Waals surface area contributed by atoms with Gasteiger partial charge in [-0.3, -0.25) is 4.79 Å². The van der Waals surface area contributed by atoms with Gasteiger partial charge in [-0.15, -0.1) is 0 Å². The number of carbonyl (C=O) groups is 1. The number of carbonyl (C=O) groups excluding carboxylic acids is 1. The Hall–Kier alpha value is -2.43. The first kappa shape index (κ1) is 16.4. The standard InChI is InChI=1S/C19H24N4O/c1-3-14-8-6-7-13(2)18(14)23-19(24)16-11-21-17(12-20-16)22-15-9-4-5-10-15/h6-8,11-12,15H,3-5,9-10H2,1-2H3,(H,21,22)(H,23,24). The zero-order valence-corrected chi connectivity index (χ0v) is 14.3. The van der Waals surface area contributed by atoms with Crippen molar-refractivity contribution < 1.29 is 4.79 Å². The zero-order valence-electron chi connectivity index (χ0n) is 14.3. The van der Waals surface area contributed by atoms with E-state index in [4.69, 9.17) is 0 Å². The Balaban J connectivity index is 1.69. The van der Waals surface area contributed by atoms with Gasteiger partial charge < -0.3 is 10.6 Å². The number of anilines is 2. The normalized spacial score (nSPS) is 14.6. The van der Waals surface area contributed by atoms with Gasteiger partial charge >= 0.3 is 0 Å². The van der Waals surface area contributed by atoms with Crippen LogP contribution in [0.4, 0.5) is 11.5 Å². The summed E-state index contributed by atoms with van der Waals surface area (Å²) in [5.74, 6) is 0.516. The van der Waals surface area contributed by atoms with Gasteiger partial charge in [0.25, 0.3) is 5.91 Å². The van der Waals surface area contributed by atoms with Gasteiger partial charge in [0.05, 0.1) is 12.4 Å². The molecule has 1 aromatic carbocycles. The lowest BCUT2D eigenvalue weighted by atomic mass is 10.1. The van der Waals surface area contributed by atoms with Crippen LogP contribution in [0.25, 0.3) is 0 Å². The SMILES string of the molecule is CCc1cccc(C)c1NC(=O)c1cnc(NC2CCCC2)cn1. The molecule has 0 radical (unpaired) electrons. The molecule has 5 heteroatoms. The summed E-state index contributed by atoms with van der Waals surface area (Å²) >= 11 is 0. The molecule has 1 aromatic heterocycles. The number of nitrogens with zero attached hydrogens (tertiary/aromatic N) is 2. The summed E-state index contributed by atoms with van der Waals surface area (Å²) in [5.41, 5.74) is 3.38. The Bertz CT molecular complexity index is 706. The van der Waals surface area contributed by atoms with Crippen molar-refractivity contribution in [1.29, 1.82) is 0 Å². The molecule has 1 aliphatic rings. The topological polar surface area (TPSA) is 66.9 Å². The van der Waals surface area contributed by atoms with Crippen molar-refractivity contribution in [3.8, 4) is 0 Å². The minimum atomic E-state index is -0.223. The molecule has 0 spiro atoms. The van der Waals surface area contributed by atoms with Crippen LogP contribution < -0.4 is 10.6 Å². The van der Waals surface area contributed by atoms with E-state index in [0.29, 0.717) is 11.7 Å². The Kier molecular flexibility index (Phi) is 5.08. The lowest BCUT2D eigenvalue weighted by Crippen LogP contribution is -2.18. The lowest BCUT2D eigenvalue weighted by molar-refractivity contribution is 0.102. The molecule has 0 unspecified atom stereocenters. The molecule has 5 nitrogen and oxygen atoms in total. The molecular weight excluding hydrogens is 300 g/mol. The molecule has 0 bridgehead atoms. The summed E-state index contributed by atoms with van der Waals surface area (Å²) in [6, 6.07) is 6.52. The fourth-order valence-corrected chi connectivity index (χ4v) is 3.18. The molecule has 126 valence electrons. The predicted octanol–water partition coefficient (Wildman–Crippen LogP) is 3.95. The summed E-state index contributed by atoms with van der Waals surface area (Å²) in [5, 5.41) is 6.36. The summed E-state index contributed by atoms with van der Waals surface area (Å²) < 4.78 is 0. The highest BCUT2D eigenvalue weighted by Crippen LogP contribution is 2.22. The van der Waals surface area contributed by atoms with Crippen molar-refractivity contribution in [2.75, 3.05) is 10.6 Å². The van der Waals surface area contributed by atoms with Crippen LogP contribution in [-0.4, -0.2) is 21.9 Å². The van der Waals surface area contributed by atoms with E-state index in [2.05, 4.69) is 27.5 Å². The first-order valence-corrected chi connectivity index (χ1v) is 8.65. The van der Waals surface area contributed by atoms with Crippen molar-refractivity contribution in [2.24, 2.45) is 0 Å². The van der Waals surface area contributed by atoms with Gasteiger partial charge in [-0.25, -0.2) is 9.97 Å². The molecule has 1 saturated carbocycles. The van der Waals surface area contributed by atoms with Crippen molar-refractivity contribution >= 4 is 17.4 Å². The lowest BCUT2D eigenvalue weighted by Gasteiger charge is -2.14. The molecule has 1 amide bonds. The zero-order chi connectivity index (χ0) is 16.9. The highest BCUT2D eigenvalue weighted by atomic mass is 16.1. The maximum Gasteiger partial charge on any atom is 0.275 e. The molecule has 2 aromatic rings. The van der Waals surface area contributed by atoms with E-state index in [9.17, 15) is 4.79 Å². The average Bonchev–Trinajstić information content (AvgIpc) is 3.10. The first-order chi connectivity index (χ1) is 11.7. The number of nitrogens with one attached hydrogen (secondary N) is 2. The van der Waals surface area contributed by atoms with E-state index < -0.39 is 0 Å². The van der Waals surface area contributed by atoms with Crippen LogP contribution in [0, 0.1) is 6.92 Å². The van der Waals surface area contributed by atoms with Gasteiger partial charge in [-0.2, -0.15) is 0 Å². The molecule has 1 fully saturated rings. The number of amides is 1. The van der Waals surface area contributed by atoms with Crippen molar-refractivity contribution in [1.82, 2.24) is 9.97 Å². The van der Waals surface area contributed by atoms with Crippen LogP contribution >= 0.6 is 0 Å². The molecule has 0 aliphatic heterocycles. The number of hydrogen-bond acceptors (Lipinski definition) is 4. The Morgan fingerprint density at radius 2 is 2.00 bits per heavy atom. The van der Waals surface area contributed by atoms with Crippen molar-refractivity contribution in [2.45, 2.75) is 52.0 Å². The second-order valence-corrected chi connectivity index (χ2v) is 6.33. The van der Waals surface area contributed by atoms with Crippen LogP contribution in [-0.2, 0) is 6.42 Å². The Morgan fingerprint density at radius 3 is 2.67 bits per heavy atom. The fraction of sp³-hybridized carbons (Fsp3) is 0.421. The largest absolute Gasteiger partial charge is 0.366 e. The average molecular weight is 324 g/mol. The number of para-hydroxylation sites is 1. The molecule has 24 heavy (non-hydrogen) atoms. The van der Waals surface area contributed by atoms with Gasteiger partial charge in [-0.05, 0) is 37.3 Å². The molecule has 2 N–H and O–H groups in total. The molecule has 0 saturated heterocycles. The molecule has 0 atom stereocenters. The van der Waals surface area contributed by atoms with Crippen molar-refractivity contribution in [3.05, 3.63) is 47.4 Å². The number of rotatable bonds is 5. The summed E-state index contributed by atoms with van der Waals surface area (Å²) in [6.07, 6.45) is 8.94. The highest BCUT2D eigenvalue weighted by Gasteiger charge is 2.16.